The Morgan fingerprint density at radius 2 is 2.00 bits per heavy atom. The van der Waals surface area contributed by atoms with Gasteiger partial charge < -0.3 is 16.4 Å². The summed E-state index contributed by atoms with van der Waals surface area (Å²) in [6.45, 7) is 7.96. The van der Waals surface area contributed by atoms with Crippen molar-refractivity contribution in [2.75, 3.05) is 19.6 Å². The molecule has 0 atom stereocenters. The summed E-state index contributed by atoms with van der Waals surface area (Å²) in [6, 6.07) is -0.108. The second-order valence-electron chi connectivity index (χ2n) is 3.98. The molecule has 0 unspecified atom stereocenters. The van der Waals surface area contributed by atoms with Crippen LogP contribution in [0.5, 0.6) is 0 Å². The fourth-order valence-corrected chi connectivity index (χ4v) is 0.693. The highest BCUT2D eigenvalue weighted by molar-refractivity contribution is 5.73. The zero-order chi connectivity index (χ0) is 10.3. The van der Waals surface area contributed by atoms with Gasteiger partial charge in [-0.1, -0.05) is 20.8 Å². The van der Waals surface area contributed by atoms with Gasteiger partial charge >= 0.3 is 6.03 Å². The normalized spacial score (nSPS) is 11.1. The van der Waals surface area contributed by atoms with Gasteiger partial charge in [-0.25, -0.2) is 4.79 Å². The molecular formula is C9H21N3O. The number of urea groups is 1. The molecule has 4 nitrogen and oxygen atoms in total. The van der Waals surface area contributed by atoms with Crippen molar-refractivity contribution in [3.05, 3.63) is 0 Å². The van der Waals surface area contributed by atoms with Gasteiger partial charge in [-0.3, -0.25) is 0 Å². The molecule has 0 saturated carbocycles. The quantitative estimate of drug-likeness (QED) is 0.592. The molecule has 0 spiro atoms. The van der Waals surface area contributed by atoms with Gasteiger partial charge in [0.2, 0.25) is 0 Å². The number of amides is 2. The molecule has 4 heteroatoms. The first-order valence-electron chi connectivity index (χ1n) is 4.73. The van der Waals surface area contributed by atoms with Crippen molar-refractivity contribution in [3.63, 3.8) is 0 Å². The SMILES string of the molecule is CCCNC(=O)NCC(C)(C)CN. The van der Waals surface area contributed by atoms with Crippen molar-refractivity contribution in [2.24, 2.45) is 11.1 Å². The highest BCUT2D eigenvalue weighted by Gasteiger charge is 2.15. The summed E-state index contributed by atoms with van der Waals surface area (Å²) in [5.74, 6) is 0. The van der Waals surface area contributed by atoms with Crippen LogP contribution in [0.1, 0.15) is 27.2 Å². The smallest absolute Gasteiger partial charge is 0.314 e. The van der Waals surface area contributed by atoms with Crippen LogP contribution in [0, 0.1) is 5.41 Å². The number of nitrogens with two attached hydrogens (primary N) is 1. The van der Waals surface area contributed by atoms with E-state index in [0.717, 1.165) is 13.0 Å². The Kier molecular flexibility index (Phi) is 5.46. The largest absolute Gasteiger partial charge is 0.338 e. The Labute approximate surface area is 80.3 Å². The van der Waals surface area contributed by atoms with E-state index in [1.165, 1.54) is 0 Å². The Balaban J connectivity index is 3.57. The van der Waals surface area contributed by atoms with Crippen LogP contribution < -0.4 is 16.4 Å². The van der Waals surface area contributed by atoms with E-state index in [-0.39, 0.29) is 11.4 Å². The summed E-state index contributed by atoms with van der Waals surface area (Å²) in [4.78, 5) is 11.1. The lowest BCUT2D eigenvalue weighted by molar-refractivity contribution is 0.234. The summed E-state index contributed by atoms with van der Waals surface area (Å²) in [7, 11) is 0. The molecule has 0 bridgehead atoms. The Morgan fingerprint density at radius 3 is 2.46 bits per heavy atom. The highest BCUT2D eigenvalue weighted by atomic mass is 16.2. The lowest BCUT2D eigenvalue weighted by atomic mass is 9.94. The van der Waals surface area contributed by atoms with Crippen LogP contribution in [-0.2, 0) is 0 Å². The topological polar surface area (TPSA) is 67.2 Å². The Bertz CT molecular complexity index is 157. The molecule has 0 aliphatic rings. The molecule has 0 rings (SSSR count). The van der Waals surface area contributed by atoms with Gasteiger partial charge in [0, 0.05) is 13.1 Å². The van der Waals surface area contributed by atoms with E-state index in [4.69, 9.17) is 5.73 Å². The molecule has 13 heavy (non-hydrogen) atoms. The third kappa shape index (κ3) is 6.40. The number of carbonyl (C=O) groups excluding carboxylic acids is 1. The summed E-state index contributed by atoms with van der Waals surface area (Å²) < 4.78 is 0. The first-order chi connectivity index (χ1) is 6.02. The van der Waals surface area contributed by atoms with Crippen LogP contribution in [0.25, 0.3) is 0 Å². The van der Waals surface area contributed by atoms with E-state index in [0.29, 0.717) is 13.1 Å². The predicted molar refractivity (Wildman–Crippen MR) is 54.5 cm³/mol. The van der Waals surface area contributed by atoms with Crippen LogP contribution >= 0.6 is 0 Å². The number of hydrogen-bond donors (Lipinski definition) is 3. The minimum Gasteiger partial charge on any atom is -0.338 e. The van der Waals surface area contributed by atoms with Gasteiger partial charge in [0.05, 0.1) is 0 Å². The van der Waals surface area contributed by atoms with Crippen molar-refractivity contribution in [1.82, 2.24) is 10.6 Å². The minimum atomic E-state index is -0.108. The fraction of sp³-hybridized carbons (Fsp3) is 0.889. The second-order valence-corrected chi connectivity index (χ2v) is 3.98. The van der Waals surface area contributed by atoms with Gasteiger partial charge in [0.15, 0.2) is 0 Å². The molecule has 0 aromatic carbocycles. The summed E-state index contributed by atoms with van der Waals surface area (Å²) >= 11 is 0. The maximum Gasteiger partial charge on any atom is 0.314 e. The standard InChI is InChI=1S/C9H21N3O/c1-4-5-11-8(13)12-7-9(2,3)6-10/h4-7,10H2,1-3H3,(H2,11,12,13). The van der Waals surface area contributed by atoms with E-state index in [1.54, 1.807) is 0 Å². The molecule has 0 aliphatic carbocycles. The van der Waals surface area contributed by atoms with Crippen LogP contribution in [0.3, 0.4) is 0 Å². The predicted octanol–water partition coefficient (Wildman–Crippen LogP) is 0.681. The lowest BCUT2D eigenvalue weighted by Crippen LogP contribution is -2.43. The molecule has 0 heterocycles. The zero-order valence-corrected chi connectivity index (χ0v) is 8.81. The maximum atomic E-state index is 11.1. The van der Waals surface area contributed by atoms with E-state index in [9.17, 15) is 4.79 Å². The van der Waals surface area contributed by atoms with E-state index >= 15 is 0 Å². The molecular weight excluding hydrogens is 166 g/mol. The molecule has 0 aliphatic heterocycles. The first-order valence-corrected chi connectivity index (χ1v) is 4.73. The van der Waals surface area contributed by atoms with Gasteiger partial charge in [-0.15, -0.1) is 0 Å². The molecule has 0 aromatic rings. The monoisotopic (exact) mass is 187 g/mol. The van der Waals surface area contributed by atoms with Crippen molar-refractivity contribution in [3.8, 4) is 0 Å². The minimum absolute atomic E-state index is 0.0243. The molecule has 4 N–H and O–H groups in total. The molecule has 0 radical (unpaired) electrons. The lowest BCUT2D eigenvalue weighted by Gasteiger charge is -2.22. The van der Waals surface area contributed by atoms with Crippen LogP contribution in [0.4, 0.5) is 4.79 Å². The highest BCUT2D eigenvalue weighted by Crippen LogP contribution is 2.09. The van der Waals surface area contributed by atoms with Crippen molar-refractivity contribution >= 4 is 6.03 Å². The molecule has 0 fully saturated rings. The van der Waals surface area contributed by atoms with Crippen molar-refractivity contribution in [1.29, 1.82) is 0 Å². The van der Waals surface area contributed by atoms with Gasteiger partial charge in [-0.2, -0.15) is 0 Å². The maximum absolute atomic E-state index is 11.1. The number of nitrogens with one attached hydrogen (secondary N) is 2. The van der Waals surface area contributed by atoms with Gasteiger partial charge in [0.1, 0.15) is 0 Å². The van der Waals surface area contributed by atoms with E-state index in [1.807, 2.05) is 20.8 Å². The van der Waals surface area contributed by atoms with E-state index < -0.39 is 0 Å². The Hall–Kier alpha value is -0.770. The van der Waals surface area contributed by atoms with E-state index in [2.05, 4.69) is 10.6 Å². The second kappa shape index (κ2) is 5.80. The third-order valence-electron chi connectivity index (χ3n) is 1.82. The molecule has 78 valence electrons. The summed E-state index contributed by atoms with van der Waals surface area (Å²) in [6.07, 6.45) is 0.952. The third-order valence-corrected chi connectivity index (χ3v) is 1.82. The molecule has 0 saturated heterocycles. The summed E-state index contributed by atoms with van der Waals surface area (Å²) in [5.41, 5.74) is 5.50. The Morgan fingerprint density at radius 1 is 1.38 bits per heavy atom. The molecule has 0 aromatic heterocycles. The first kappa shape index (κ1) is 12.2. The van der Waals surface area contributed by atoms with Gasteiger partial charge in [0.25, 0.3) is 0 Å². The molecule has 2 amide bonds. The number of rotatable bonds is 5. The number of hydrogen-bond acceptors (Lipinski definition) is 2. The average molecular weight is 187 g/mol. The average Bonchev–Trinajstić information content (AvgIpc) is 2.11. The van der Waals surface area contributed by atoms with Gasteiger partial charge in [-0.05, 0) is 18.4 Å². The zero-order valence-electron chi connectivity index (χ0n) is 8.81. The number of carbonyl (C=O) groups is 1. The fourth-order valence-electron chi connectivity index (χ4n) is 0.693. The van der Waals surface area contributed by atoms with Crippen molar-refractivity contribution in [2.45, 2.75) is 27.2 Å². The van der Waals surface area contributed by atoms with Crippen molar-refractivity contribution < 1.29 is 4.79 Å². The van der Waals surface area contributed by atoms with Crippen LogP contribution in [-0.4, -0.2) is 25.7 Å². The summed E-state index contributed by atoms with van der Waals surface area (Å²) in [5, 5.41) is 5.52. The van der Waals surface area contributed by atoms with Crippen LogP contribution in [0.2, 0.25) is 0 Å². The van der Waals surface area contributed by atoms with Crippen LogP contribution in [0.15, 0.2) is 0 Å².